The van der Waals surface area contributed by atoms with E-state index in [2.05, 4.69) is 11.9 Å². The van der Waals surface area contributed by atoms with Crippen LogP contribution in [0.3, 0.4) is 0 Å². The number of alkyl carbamates (subject to hydrolysis) is 1. The number of aliphatic carboxylic acids is 1. The fourth-order valence-electron chi connectivity index (χ4n) is 3.47. The summed E-state index contributed by atoms with van der Waals surface area (Å²) in [5, 5.41) is 12.2. The van der Waals surface area contributed by atoms with E-state index in [0.29, 0.717) is 23.5 Å². The lowest BCUT2D eigenvalue weighted by Crippen LogP contribution is -2.66. The third-order valence-corrected chi connectivity index (χ3v) is 6.25. The molecule has 2 rings (SSSR count). The zero-order valence-corrected chi connectivity index (χ0v) is 20.6. The second kappa shape index (κ2) is 12.0. The molecule has 2 aliphatic heterocycles. The van der Waals surface area contributed by atoms with Gasteiger partial charge in [0.25, 0.3) is 0 Å². The van der Waals surface area contributed by atoms with E-state index in [1.807, 2.05) is 0 Å². The van der Waals surface area contributed by atoms with Crippen LogP contribution < -0.4 is 5.32 Å². The van der Waals surface area contributed by atoms with Crippen LogP contribution in [0.2, 0.25) is 0 Å². The maximum atomic E-state index is 12.8. The van der Waals surface area contributed by atoms with Crippen LogP contribution in [0.5, 0.6) is 0 Å². The summed E-state index contributed by atoms with van der Waals surface area (Å²) in [5.41, 5.74) is -0.0993. The van der Waals surface area contributed by atoms with Gasteiger partial charge in [-0.15, -0.1) is 11.8 Å². The highest BCUT2D eigenvalue weighted by molar-refractivity contribution is 8.03. The van der Waals surface area contributed by atoms with Gasteiger partial charge in [-0.05, 0) is 19.8 Å². The van der Waals surface area contributed by atoms with E-state index in [4.69, 9.17) is 49.0 Å². The summed E-state index contributed by atoms with van der Waals surface area (Å²) in [6.07, 6.45) is -0.220. The standard InChI is InChI=1S/C19H23Cl3N2O8S/c1-3-7-30-17(28)23-6-8-33-12-5-4-11-13(15(25)24(11)14(12)16(26)27)10(2)32-18(29)31-9-19(20,21)22/h3,10-11,13H,1,4-9H2,2H3,(H,23,28)(H,26,27)/t10?,11-,13-/m1/s1. The molecule has 0 aromatic carbocycles. The predicted octanol–water partition coefficient (Wildman–Crippen LogP) is 3.46. The lowest BCUT2D eigenvalue weighted by atomic mass is 9.78. The number of carbonyl (C=O) groups excluding carboxylic acids is 3. The van der Waals surface area contributed by atoms with Crippen LogP contribution in [0, 0.1) is 5.92 Å². The highest BCUT2D eigenvalue weighted by Gasteiger charge is 2.55. The summed E-state index contributed by atoms with van der Waals surface area (Å²) in [4.78, 5) is 49.6. The van der Waals surface area contributed by atoms with Crippen molar-refractivity contribution in [2.75, 3.05) is 25.5 Å². The van der Waals surface area contributed by atoms with Gasteiger partial charge in [-0.2, -0.15) is 0 Å². The number of carboxylic acids is 1. The minimum absolute atomic E-state index is 0.0830. The molecule has 184 valence electrons. The van der Waals surface area contributed by atoms with Crippen molar-refractivity contribution >= 4 is 70.7 Å². The van der Waals surface area contributed by atoms with Gasteiger partial charge < -0.3 is 29.5 Å². The van der Waals surface area contributed by atoms with Gasteiger partial charge >= 0.3 is 18.2 Å². The molecular formula is C19H23Cl3N2O8S. The Kier molecular flexibility index (Phi) is 10.0. The topological polar surface area (TPSA) is 131 Å². The minimum atomic E-state index is -1.80. The second-order valence-corrected chi connectivity index (χ2v) is 10.8. The largest absolute Gasteiger partial charge is 0.508 e. The van der Waals surface area contributed by atoms with Gasteiger partial charge in [-0.3, -0.25) is 4.79 Å². The van der Waals surface area contributed by atoms with Crippen LogP contribution in [0.25, 0.3) is 0 Å². The molecule has 2 aliphatic rings. The average Bonchev–Trinajstić information content (AvgIpc) is 2.72. The van der Waals surface area contributed by atoms with E-state index in [0.717, 1.165) is 0 Å². The van der Waals surface area contributed by atoms with E-state index in [-0.39, 0.29) is 18.8 Å². The molecule has 2 N–H and O–H groups in total. The molecular weight excluding hydrogens is 523 g/mol. The molecule has 0 saturated carbocycles. The fraction of sp³-hybridized carbons (Fsp3) is 0.579. The fourth-order valence-corrected chi connectivity index (χ4v) is 4.67. The molecule has 1 saturated heterocycles. The van der Waals surface area contributed by atoms with Crippen molar-refractivity contribution in [3.05, 3.63) is 23.3 Å². The first-order valence-corrected chi connectivity index (χ1v) is 11.9. The Balaban J connectivity index is 1.94. The van der Waals surface area contributed by atoms with E-state index < -0.39 is 52.6 Å². The van der Waals surface area contributed by atoms with Gasteiger partial charge in [-0.25, -0.2) is 14.4 Å². The molecule has 3 atom stereocenters. The zero-order chi connectivity index (χ0) is 24.8. The maximum absolute atomic E-state index is 12.8. The Labute approximate surface area is 209 Å². The van der Waals surface area contributed by atoms with Gasteiger partial charge in [0.15, 0.2) is 0 Å². The molecule has 0 aromatic rings. The monoisotopic (exact) mass is 544 g/mol. The van der Waals surface area contributed by atoms with Crippen molar-refractivity contribution in [3.8, 4) is 0 Å². The molecule has 0 bridgehead atoms. The third kappa shape index (κ3) is 7.59. The number of allylic oxidation sites excluding steroid dienone is 1. The van der Waals surface area contributed by atoms with E-state index in [1.54, 1.807) is 0 Å². The van der Waals surface area contributed by atoms with Crippen LogP contribution in [0.1, 0.15) is 19.8 Å². The third-order valence-electron chi connectivity index (χ3n) is 4.77. The zero-order valence-electron chi connectivity index (χ0n) is 17.6. The number of nitrogens with zero attached hydrogens (tertiary/aromatic N) is 1. The average molecular weight is 546 g/mol. The normalized spacial score (nSPS) is 20.8. The minimum Gasteiger partial charge on any atom is -0.477 e. The second-order valence-electron chi connectivity index (χ2n) is 7.06. The van der Waals surface area contributed by atoms with Crippen LogP contribution in [0.4, 0.5) is 9.59 Å². The van der Waals surface area contributed by atoms with Crippen LogP contribution in [-0.2, 0) is 23.8 Å². The van der Waals surface area contributed by atoms with Gasteiger partial charge in [0, 0.05) is 17.2 Å². The van der Waals surface area contributed by atoms with Crippen molar-refractivity contribution in [1.29, 1.82) is 0 Å². The molecule has 14 heteroatoms. The first-order valence-electron chi connectivity index (χ1n) is 9.80. The number of β-lactam (4-membered cyclic amide) rings is 1. The first-order chi connectivity index (χ1) is 15.5. The predicted molar refractivity (Wildman–Crippen MR) is 122 cm³/mol. The number of rotatable bonds is 10. The SMILES string of the molecule is C=CCOC(=O)NCCSC1=C(C(=O)O)N2C(=O)[C@H](C(C)OC(=O)OCC(Cl)(Cl)Cl)[C@H]2CC1. The Morgan fingerprint density at radius 3 is 2.67 bits per heavy atom. The number of hydrogen-bond donors (Lipinski definition) is 2. The highest BCUT2D eigenvalue weighted by atomic mass is 35.6. The number of hydrogen-bond acceptors (Lipinski definition) is 8. The lowest BCUT2D eigenvalue weighted by Gasteiger charge is -2.51. The number of alkyl halides is 3. The molecule has 0 aromatic heterocycles. The van der Waals surface area contributed by atoms with Gasteiger partial charge in [0.2, 0.25) is 9.70 Å². The lowest BCUT2D eigenvalue weighted by molar-refractivity contribution is -0.166. The number of nitrogens with one attached hydrogen (secondary N) is 1. The summed E-state index contributed by atoms with van der Waals surface area (Å²) in [5.74, 6) is -2.03. The molecule has 10 nitrogen and oxygen atoms in total. The summed E-state index contributed by atoms with van der Waals surface area (Å²) < 4.78 is 12.8. The van der Waals surface area contributed by atoms with Crippen molar-refractivity contribution in [2.24, 2.45) is 5.92 Å². The van der Waals surface area contributed by atoms with Crippen molar-refractivity contribution in [3.63, 3.8) is 0 Å². The highest BCUT2D eigenvalue weighted by Crippen LogP contribution is 2.45. The van der Waals surface area contributed by atoms with Crippen molar-refractivity contribution < 1.29 is 38.5 Å². The van der Waals surface area contributed by atoms with E-state index in [9.17, 15) is 24.3 Å². The molecule has 2 amide bonds. The van der Waals surface area contributed by atoms with Crippen LogP contribution >= 0.6 is 46.6 Å². The number of ether oxygens (including phenoxy) is 3. The number of thioether (sulfide) groups is 1. The van der Waals surface area contributed by atoms with E-state index >= 15 is 0 Å². The molecule has 2 heterocycles. The Hall–Kier alpha value is -1.82. The molecule has 0 radical (unpaired) electrons. The number of carbonyl (C=O) groups is 4. The van der Waals surface area contributed by atoms with Gasteiger partial charge in [0.1, 0.15) is 25.0 Å². The molecule has 0 aliphatic carbocycles. The molecule has 1 unspecified atom stereocenters. The van der Waals surface area contributed by atoms with Gasteiger partial charge in [-0.1, -0.05) is 47.5 Å². The Morgan fingerprint density at radius 2 is 2.06 bits per heavy atom. The number of halogens is 3. The van der Waals surface area contributed by atoms with Crippen molar-refractivity contribution in [1.82, 2.24) is 10.2 Å². The summed E-state index contributed by atoms with van der Waals surface area (Å²) in [6, 6.07) is -0.434. The number of fused-ring (bicyclic) bond motifs is 1. The van der Waals surface area contributed by atoms with E-state index in [1.165, 1.54) is 29.7 Å². The molecule has 33 heavy (non-hydrogen) atoms. The van der Waals surface area contributed by atoms with Crippen LogP contribution in [0.15, 0.2) is 23.3 Å². The molecule has 1 fully saturated rings. The summed E-state index contributed by atoms with van der Waals surface area (Å²) in [6.45, 7) is 4.76. The Bertz CT molecular complexity index is 832. The summed E-state index contributed by atoms with van der Waals surface area (Å²) in [7, 11) is 0. The number of carboxylic acid groups (broad SMARTS) is 1. The maximum Gasteiger partial charge on any atom is 0.508 e. The molecule has 0 spiro atoms. The van der Waals surface area contributed by atoms with Crippen LogP contribution in [-0.4, -0.2) is 75.6 Å². The van der Waals surface area contributed by atoms with Crippen molar-refractivity contribution in [2.45, 2.75) is 35.7 Å². The first kappa shape index (κ1) is 27.4. The summed E-state index contributed by atoms with van der Waals surface area (Å²) >= 11 is 17.8. The smallest absolute Gasteiger partial charge is 0.477 e. The Morgan fingerprint density at radius 1 is 1.36 bits per heavy atom. The quantitative estimate of drug-likeness (QED) is 0.139. The number of amides is 2. The van der Waals surface area contributed by atoms with Gasteiger partial charge in [0.05, 0.1) is 12.0 Å².